The summed E-state index contributed by atoms with van der Waals surface area (Å²) in [6.45, 7) is 4.51. The molecule has 3 heterocycles. The smallest absolute Gasteiger partial charge is 0.416 e. The molecular weight excluding hydrogens is 443 g/mol. The molecule has 5 rings (SSSR count). The number of hydrogen-bond acceptors (Lipinski definition) is 5. The lowest BCUT2D eigenvalue weighted by molar-refractivity contribution is -0.138. The third-order valence-electron chi connectivity index (χ3n) is 7.07. The highest BCUT2D eigenvalue weighted by Crippen LogP contribution is 2.48. The number of alkyl halides is 3. The summed E-state index contributed by atoms with van der Waals surface area (Å²) in [4.78, 5) is 8.45. The zero-order chi connectivity index (χ0) is 23.9. The van der Waals surface area contributed by atoms with Gasteiger partial charge in [0.15, 0.2) is 11.6 Å². The van der Waals surface area contributed by atoms with Crippen molar-refractivity contribution in [1.29, 1.82) is 0 Å². The lowest BCUT2D eigenvalue weighted by atomic mass is 9.80. The number of benzene rings is 2. The SMILES string of the molecule is CC1C2COC(=C(N[C@@H]3CCCN(C)C3)N1Oc1cccc(C(F)(F)F)c1)C2c1ccccc1. The monoisotopic (exact) mass is 473 g/mol. The van der Waals surface area contributed by atoms with Crippen LogP contribution in [0.2, 0.25) is 0 Å². The number of likely N-dealkylation sites (N-methyl/N-ethyl adjacent to an activating group) is 1. The fourth-order valence-corrected chi connectivity index (χ4v) is 5.33. The molecule has 0 spiro atoms. The second-order valence-corrected chi connectivity index (χ2v) is 9.51. The van der Waals surface area contributed by atoms with Crippen LogP contribution >= 0.6 is 0 Å². The van der Waals surface area contributed by atoms with Gasteiger partial charge in [0, 0.05) is 18.5 Å². The van der Waals surface area contributed by atoms with Crippen molar-refractivity contribution in [2.45, 2.75) is 43.9 Å². The number of halogens is 3. The predicted octanol–water partition coefficient (Wildman–Crippen LogP) is 4.99. The van der Waals surface area contributed by atoms with Crippen LogP contribution in [0, 0.1) is 5.92 Å². The Labute approximate surface area is 198 Å². The van der Waals surface area contributed by atoms with Gasteiger partial charge in [0.1, 0.15) is 5.76 Å². The number of ether oxygens (including phenoxy) is 1. The quantitative estimate of drug-likeness (QED) is 0.663. The lowest BCUT2D eigenvalue weighted by Crippen LogP contribution is -2.53. The van der Waals surface area contributed by atoms with Crippen LogP contribution in [0.3, 0.4) is 0 Å². The average Bonchev–Trinajstić information content (AvgIpc) is 3.21. The van der Waals surface area contributed by atoms with E-state index < -0.39 is 11.7 Å². The summed E-state index contributed by atoms with van der Waals surface area (Å²) in [6.07, 6.45) is -2.35. The van der Waals surface area contributed by atoms with Crippen molar-refractivity contribution in [2.75, 3.05) is 26.7 Å². The molecule has 5 nitrogen and oxygen atoms in total. The van der Waals surface area contributed by atoms with Gasteiger partial charge in [0.2, 0.25) is 0 Å². The molecule has 2 aromatic rings. The van der Waals surface area contributed by atoms with E-state index in [0.29, 0.717) is 12.4 Å². The minimum absolute atomic E-state index is 0.0707. The van der Waals surface area contributed by atoms with Crippen molar-refractivity contribution in [3.05, 3.63) is 77.3 Å². The summed E-state index contributed by atoms with van der Waals surface area (Å²) in [5.41, 5.74) is 0.442. The molecular formula is C26H30F3N3O2. The number of piperidine rings is 1. The zero-order valence-corrected chi connectivity index (χ0v) is 19.4. The second kappa shape index (κ2) is 9.06. The number of hydrogen-bond donors (Lipinski definition) is 1. The Morgan fingerprint density at radius 1 is 1.09 bits per heavy atom. The van der Waals surface area contributed by atoms with Crippen LogP contribution in [0.1, 0.15) is 36.8 Å². The van der Waals surface area contributed by atoms with Gasteiger partial charge in [0.25, 0.3) is 0 Å². The van der Waals surface area contributed by atoms with Gasteiger partial charge < -0.3 is 19.8 Å². The Kier molecular flexibility index (Phi) is 6.10. The molecule has 182 valence electrons. The number of allylic oxidation sites excluding steroid dienone is 1. The molecule has 3 unspecified atom stereocenters. The molecule has 2 fully saturated rings. The lowest BCUT2D eigenvalue weighted by Gasteiger charge is -2.42. The van der Waals surface area contributed by atoms with Crippen LogP contribution in [0.15, 0.2) is 66.2 Å². The van der Waals surface area contributed by atoms with E-state index in [1.54, 1.807) is 11.1 Å². The van der Waals surface area contributed by atoms with Crippen molar-refractivity contribution in [1.82, 2.24) is 15.3 Å². The summed E-state index contributed by atoms with van der Waals surface area (Å²) in [5, 5.41) is 5.39. The molecule has 3 aliphatic heterocycles. The van der Waals surface area contributed by atoms with E-state index in [1.165, 1.54) is 11.6 Å². The molecule has 4 atom stereocenters. The Balaban J connectivity index is 1.52. The maximum absolute atomic E-state index is 13.3. The minimum Gasteiger partial charge on any atom is -0.493 e. The van der Waals surface area contributed by atoms with Crippen LogP contribution in [-0.4, -0.2) is 48.8 Å². The van der Waals surface area contributed by atoms with E-state index in [4.69, 9.17) is 9.57 Å². The molecule has 3 aliphatic rings. The fourth-order valence-electron chi connectivity index (χ4n) is 5.33. The average molecular weight is 474 g/mol. The van der Waals surface area contributed by atoms with Crippen LogP contribution in [0.25, 0.3) is 0 Å². The predicted molar refractivity (Wildman–Crippen MR) is 123 cm³/mol. The van der Waals surface area contributed by atoms with Gasteiger partial charge in [-0.2, -0.15) is 18.2 Å². The topological polar surface area (TPSA) is 37.0 Å². The van der Waals surface area contributed by atoms with Gasteiger partial charge in [-0.15, -0.1) is 0 Å². The highest BCUT2D eigenvalue weighted by atomic mass is 19.4. The summed E-state index contributed by atoms with van der Waals surface area (Å²) < 4.78 is 46.2. The number of nitrogens with zero attached hydrogens (tertiary/aromatic N) is 2. The molecule has 0 saturated carbocycles. The molecule has 2 aromatic carbocycles. The Bertz CT molecular complexity index is 1040. The third kappa shape index (κ3) is 4.43. The first-order valence-electron chi connectivity index (χ1n) is 11.8. The Morgan fingerprint density at radius 2 is 1.88 bits per heavy atom. The zero-order valence-electron chi connectivity index (χ0n) is 19.4. The summed E-state index contributed by atoms with van der Waals surface area (Å²) in [6, 6.07) is 15.4. The Hall–Kier alpha value is -2.87. The van der Waals surface area contributed by atoms with Gasteiger partial charge in [-0.05, 0) is 57.1 Å². The van der Waals surface area contributed by atoms with E-state index in [1.807, 2.05) is 25.1 Å². The first kappa shape index (κ1) is 22.9. The van der Waals surface area contributed by atoms with E-state index in [-0.39, 0.29) is 29.7 Å². The minimum atomic E-state index is -4.43. The summed E-state index contributed by atoms with van der Waals surface area (Å²) in [5.74, 6) is 1.85. The molecule has 34 heavy (non-hydrogen) atoms. The molecule has 0 amide bonds. The first-order chi connectivity index (χ1) is 16.3. The van der Waals surface area contributed by atoms with Gasteiger partial charge in [0.05, 0.1) is 24.1 Å². The number of rotatable bonds is 5. The largest absolute Gasteiger partial charge is 0.493 e. The fraction of sp³-hybridized carbons (Fsp3) is 0.462. The van der Waals surface area contributed by atoms with Gasteiger partial charge in [-0.25, -0.2) is 0 Å². The van der Waals surface area contributed by atoms with Gasteiger partial charge >= 0.3 is 6.18 Å². The van der Waals surface area contributed by atoms with E-state index >= 15 is 0 Å². The number of fused-ring (bicyclic) bond motifs is 2. The van der Waals surface area contributed by atoms with Crippen molar-refractivity contribution in [3.8, 4) is 5.75 Å². The maximum Gasteiger partial charge on any atom is 0.416 e. The standard InChI is InChI=1S/C26H30F3N3O2/c1-17-22-16-33-24(23(22)18-8-4-3-5-9-18)25(30-20-11-7-13-31(2)15-20)32(17)34-21-12-6-10-19(14-21)26(27,28)29/h3-6,8-10,12,14,17,20,22-23,30H,7,11,13,15-16H2,1-2H3/t17?,20-,22?,23?/m1/s1. The van der Waals surface area contributed by atoms with Gasteiger partial charge in [-0.3, -0.25) is 0 Å². The molecule has 1 N–H and O–H groups in total. The van der Waals surface area contributed by atoms with E-state index in [0.717, 1.165) is 43.8 Å². The van der Waals surface area contributed by atoms with Crippen LogP contribution < -0.4 is 10.2 Å². The van der Waals surface area contributed by atoms with Crippen molar-refractivity contribution >= 4 is 0 Å². The molecule has 0 aromatic heterocycles. The van der Waals surface area contributed by atoms with Crippen molar-refractivity contribution < 1.29 is 22.7 Å². The van der Waals surface area contributed by atoms with Crippen LogP contribution in [-0.2, 0) is 10.9 Å². The molecule has 0 radical (unpaired) electrons. The van der Waals surface area contributed by atoms with Crippen molar-refractivity contribution in [3.63, 3.8) is 0 Å². The summed E-state index contributed by atoms with van der Waals surface area (Å²) >= 11 is 0. The molecule has 2 saturated heterocycles. The highest BCUT2D eigenvalue weighted by Gasteiger charge is 2.49. The van der Waals surface area contributed by atoms with E-state index in [2.05, 4.69) is 29.4 Å². The molecule has 0 aliphatic carbocycles. The number of nitrogens with one attached hydrogen (secondary N) is 1. The Morgan fingerprint density at radius 3 is 2.62 bits per heavy atom. The van der Waals surface area contributed by atoms with Crippen molar-refractivity contribution in [2.24, 2.45) is 5.92 Å². The normalized spacial score (nSPS) is 27.5. The highest BCUT2D eigenvalue weighted by molar-refractivity contribution is 5.36. The summed E-state index contributed by atoms with van der Waals surface area (Å²) in [7, 11) is 2.10. The number of hydroxylamine groups is 2. The third-order valence-corrected chi connectivity index (χ3v) is 7.07. The van der Waals surface area contributed by atoms with Gasteiger partial charge in [-0.1, -0.05) is 36.4 Å². The second-order valence-electron chi connectivity index (χ2n) is 9.51. The van der Waals surface area contributed by atoms with Crippen LogP contribution in [0.5, 0.6) is 5.75 Å². The molecule has 2 bridgehead atoms. The first-order valence-corrected chi connectivity index (χ1v) is 11.8. The van der Waals surface area contributed by atoms with Crippen LogP contribution in [0.4, 0.5) is 13.2 Å². The maximum atomic E-state index is 13.3. The van der Waals surface area contributed by atoms with E-state index in [9.17, 15) is 13.2 Å². The number of likely N-dealkylation sites (tertiary alicyclic amines) is 1. The molecule has 8 heteroatoms.